The van der Waals surface area contributed by atoms with Gasteiger partial charge in [-0.25, -0.2) is 9.67 Å². The highest BCUT2D eigenvalue weighted by Crippen LogP contribution is 1.98. The molecule has 16 heavy (non-hydrogen) atoms. The molecule has 1 heterocycles. The van der Waals surface area contributed by atoms with Crippen molar-refractivity contribution in [3.63, 3.8) is 0 Å². The Kier molecular flexibility index (Phi) is 6.03. The van der Waals surface area contributed by atoms with Gasteiger partial charge >= 0.3 is 0 Å². The first-order chi connectivity index (χ1) is 7.74. The van der Waals surface area contributed by atoms with E-state index in [1.807, 2.05) is 4.68 Å². The number of hydrogen-bond donors (Lipinski definition) is 1. The Morgan fingerprint density at radius 3 is 3.00 bits per heavy atom. The molecule has 1 aromatic rings. The molecule has 0 unspecified atom stereocenters. The van der Waals surface area contributed by atoms with E-state index in [1.165, 1.54) is 0 Å². The largest absolute Gasteiger partial charge is 0.372 e. The fraction of sp³-hybridized carbons (Fsp3) is 0.818. The summed E-state index contributed by atoms with van der Waals surface area (Å²) in [5.74, 6) is 0.909. The van der Waals surface area contributed by atoms with Crippen LogP contribution in [-0.4, -0.2) is 34.0 Å². The van der Waals surface area contributed by atoms with Crippen LogP contribution in [0.1, 0.15) is 33.0 Å². The van der Waals surface area contributed by atoms with E-state index < -0.39 is 0 Å². The van der Waals surface area contributed by atoms with Crippen molar-refractivity contribution in [2.45, 2.75) is 46.4 Å². The zero-order valence-electron chi connectivity index (χ0n) is 10.4. The smallest absolute Gasteiger partial charge is 0.152 e. The number of nitrogens with zero attached hydrogens (tertiary/aromatic N) is 3. The lowest BCUT2D eigenvalue weighted by Crippen LogP contribution is -2.26. The molecule has 0 spiro atoms. The summed E-state index contributed by atoms with van der Waals surface area (Å²) in [5, 5.41) is 7.44. The van der Waals surface area contributed by atoms with Crippen molar-refractivity contribution < 1.29 is 4.74 Å². The van der Waals surface area contributed by atoms with Crippen LogP contribution in [0, 0.1) is 0 Å². The van der Waals surface area contributed by atoms with Crippen LogP contribution < -0.4 is 5.32 Å². The summed E-state index contributed by atoms with van der Waals surface area (Å²) in [5.41, 5.74) is 0. The third-order valence-electron chi connectivity index (χ3n) is 2.16. The van der Waals surface area contributed by atoms with Crippen molar-refractivity contribution in [1.82, 2.24) is 20.1 Å². The lowest BCUT2D eigenvalue weighted by molar-refractivity contribution is 0.112. The summed E-state index contributed by atoms with van der Waals surface area (Å²) in [6.45, 7) is 9.40. The van der Waals surface area contributed by atoms with Crippen LogP contribution in [-0.2, 0) is 17.9 Å². The van der Waals surface area contributed by atoms with Gasteiger partial charge in [0.25, 0.3) is 0 Å². The van der Waals surface area contributed by atoms with Gasteiger partial charge in [-0.2, -0.15) is 5.10 Å². The zero-order valence-corrected chi connectivity index (χ0v) is 10.4. The predicted octanol–water partition coefficient (Wildman–Crippen LogP) is 1.20. The summed E-state index contributed by atoms with van der Waals surface area (Å²) in [6.07, 6.45) is 2.64. The summed E-state index contributed by atoms with van der Waals surface area (Å²) < 4.78 is 7.43. The molecular weight excluding hydrogens is 204 g/mol. The summed E-state index contributed by atoms with van der Waals surface area (Å²) >= 11 is 0. The molecule has 5 nitrogen and oxygen atoms in total. The number of aromatic nitrogens is 3. The van der Waals surface area contributed by atoms with Gasteiger partial charge in [0, 0.05) is 19.1 Å². The molecule has 0 aromatic carbocycles. The quantitative estimate of drug-likeness (QED) is 0.677. The van der Waals surface area contributed by atoms with Crippen LogP contribution in [0.2, 0.25) is 0 Å². The molecule has 0 aliphatic carbocycles. The topological polar surface area (TPSA) is 52.0 Å². The molecular formula is C11H22N4O. The third-order valence-corrected chi connectivity index (χ3v) is 2.16. The van der Waals surface area contributed by atoms with Gasteiger partial charge in [-0.3, -0.25) is 0 Å². The maximum atomic E-state index is 5.53. The van der Waals surface area contributed by atoms with E-state index in [9.17, 15) is 0 Å². The second-order valence-electron chi connectivity index (χ2n) is 4.06. The standard InChI is InChI=1S/C11H22N4O/c1-4-6-15-11(13-9-14-15)8-16-7-5-12-10(2)3/h9-10,12H,4-8H2,1-3H3. The molecule has 0 saturated heterocycles. The molecule has 0 aliphatic rings. The minimum absolute atomic E-state index is 0.507. The van der Waals surface area contributed by atoms with Gasteiger partial charge in [-0.15, -0.1) is 0 Å². The molecule has 5 heteroatoms. The van der Waals surface area contributed by atoms with Gasteiger partial charge in [0.15, 0.2) is 5.82 Å². The van der Waals surface area contributed by atoms with E-state index in [0.717, 1.165) is 25.3 Å². The Bertz CT molecular complexity index is 285. The predicted molar refractivity (Wildman–Crippen MR) is 63.1 cm³/mol. The molecule has 0 atom stereocenters. The van der Waals surface area contributed by atoms with Crippen LogP contribution in [0.3, 0.4) is 0 Å². The maximum Gasteiger partial charge on any atom is 0.152 e. The molecule has 1 rings (SSSR count). The first-order valence-electron chi connectivity index (χ1n) is 5.91. The molecule has 0 saturated carbocycles. The monoisotopic (exact) mass is 226 g/mol. The van der Waals surface area contributed by atoms with Crippen LogP contribution in [0.15, 0.2) is 6.33 Å². The summed E-state index contributed by atoms with van der Waals surface area (Å²) in [4.78, 5) is 4.17. The lowest BCUT2D eigenvalue weighted by atomic mass is 10.4. The Labute approximate surface area is 97.2 Å². The lowest BCUT2D eigenvalue weighted by Gasteiger charge is -2.08. The normalized spacial score (nSPS) is 11.2. The molecule has 92 valence electrons. The number of nitrogens with one attached hydrogen (secondary N) is 1. The average molecular weight is 226 g/mol. The van der Waals surface area contributed by atoms with E-state index in [2.05, 4.69) is 36.2 Å². The molecule has 0 amide bonds. The van der Waals surface area contributed by atoms with E-state index in [1.54, 1.807) is 6.33 Å². The van der Waals surface area contributed by atoms with Gasteiger partial charge in [0.1, 0.15) is 12.9 Å². The molecule has 0 radical (unpaired) electrons. The van der Waals surface area contributed by atoms with Crippen molar-refractivity contribution in [3.05, 3.63) is 12.2 Å². The van der Waals surface area contributed by atoms with Crippen molar-refractivity contribution in [2.24, 2.45) is 0 Å². The Balaban J connectivity index is 2.18. The number of aryl methyl sites for hydroxylation is 1. The average Bonchev–Trinajstić information content (AvgIpc) is 2.65. The number of rotatable bonds is 8. The van der Waals surface area contributed by atoms with Gasteiger partial charge < -0.3 is 10.1 Å². The van der Waals surface area contributed by atoms with Crippen LogP contribution in [0.5, 0.6) is 0 Å². The second-order valence-corrected chi connectivity index (χ2v) is 4.06. The van der Waals surface area contributed by atoms with Crippen LogP contribution >= 0.6 is 0 Å². The van der Waals surface area contributed by atoms with Crippen molar-refractivity contribution in [3.8, 4) is 0 Å². The number of hydrogen-bond acceptors (Lipinski definition) is 4. The highest BCUT2D eigenvalue weighted by atomic mass is 16.5. The van der Waals surface area contributed by atoms with E-state index >= 15 is 0 Å². The van der Waals surface area contributed by atoms with Gasteiger partial charge in [0.2, 0.25) is 0 Å². The molecule has 0 aliphatic heterocycles. The molecule has 1 N–H and O–H groups in total. The third kappa shape index (κ3) is 4.72. The van der Waals surface area contributed by atoms with E-state index in [-0.39, 0.29) is 0 Å². The van der Waals surface area contributed by atoms with Crippen LogP contribution in [0.25, 0.3) is 0 Å². The Hall–Kier alpha value is -0.940. The fourth-order valence-electron chi connectivity index (χ4n) is 1.38. The highest BCUT2D eigenvalue weighted by Gasteiger charge is 2.02. The summed E-state index contributed by atoms with van der Waals surface area (Å²) in [6, 6.07) is 0.507. The van der Waals surface area contributed by atoms with Crippen molar-refractivity contribution in [1.29, 1.82) is 0 Å². The minimum atomic E-state index is 0.507. The van der Waals surface area contributed by atoms with Crippen molar-refractivity contribution >= 4 is 0 Å². The van der Waals surface area contributed by atoms with Gasteiger partial charge in [0.05, 0.1) is 6.61 Å². The molecule has 0 bridgehead atoms. The molecule has 0 fully saturated rings. The van der Waals surface area contributed by atoms with E-state index in [4.69, 9.17) is 4.74 Å². The maximum absolute atomic E-state index is 5.53. The zero-order chi connectivity index (χ0) is 11.8. The first kappa shape index (κ1) is 13.1. The Morgan fingerprint density at radius 2 is 2.31 bits per heavy atom. The fourth-order valence-corrected chi connectivity index (χ4v) is 1.38. The molecule has 1 aromatic heterocycles. The first-order valence-corrected chi connectivity index (χ1v) is 5.91. The highest BCUT2D eigenvalue weighted by molar-refractivity contribution is 4.81. The van der Waals surface area contributed by atoms with Gasteiger partial charge in [-0.05, 0) is 6.42 Å². The SMILES string of the molecule is CCCn1ncnc1COCCNC(C)C. The van der Waals surface area contributed by atoms with Crippen LogP contribution in [0.4, 0.5) is 0 Å². The second kappa shape index (κ2) is 7.35. The minimum Gasteiger partial charge on any atom is -0.372 e. The number of ether oxygens (including phenoxy) is 1. The summed E-state index contributed by atoms with van der Waals surface area (Å²) in [7, 11) is 0. The van der Waals surface area contributed by atoms with Crippen molar-refractivity contribution in [2.75, 3.05) is 13.2 Å². The van der Waals surface area contributed by atoms with E-state index in [0.29, 0.717) is 19.3 Å². The Morgan fingerprint density at radius 1 is 1.50 bits per heavy atom. The van der Waals surface area contributed by atoms with Gasteiger partial charge in [-0.1, -0.05) is 20.8 Å².